The predicted molar refractivity (Wildman–Crippen MR) is 72.1 cm³/mol. The van der Waals surface area contributed by atoms with E-state index in [9.17, 15) is 0 Å². The van der Waals surface area contributed by atoms with Gasteiger partial charge in [0.2, 0.25) is 0 Å². The van der Waals surface area contributed by atoms with Gasteiger partial charge in [-0.3, -0.25) is 0 Å². The van der Waals surface area contributed by atoms with Gasteiger partial charge in [0, 0.05) is 30.7 Å². The van der Waals surface area contributed by atoms with Crippen LogP contribution < -0.4 is 0 Å². The van der Waals surface area contributed by atoms with Gasteiger partial charge in [-0.25, -0.2) is 4.98 Å². The van der Waals surface area contributed by atoms with Gasteiger partial charge in [0.1, 0.15) is 10.4 Å². The molecule has 0 spiro atoms. The summed E-state index contributed by atoms with van der Waals surface area (Å²) >= 11 is 9.37. The number of aliphatic hydroxyl groups is 1. The van der Waals surface area contributed by atoms with E-state index < -0.39 is 0 Å². The van der Waals surface area contributed by atoms with Gasteiger partial charge in [0.05, 0.1) is 5.69 Å². The molecule has 0 fully saturated rings. The Hall–Kier alpha value is -0.840. The van der Waals surface area contributed by atoms with Crippen LogP contribution in [-0.2, 0) is 13.5 Å². The van der Waals surface area contributed by atoms with E-state index in [0.717, 1.165) is 21.7 Å². The second-order valence-electron chi connectivity index (χ2n) is 3.72. The van der Waals surface area contributed by atoms with Gasteiger partial charge in [-0.05, 0) is 28.1 Å². The van der Waals surface area contributed by atoms with E-state index >= 15 is 0 Å². The molecule has 0 unspecified atom stereocenters. The van der Waals surface area contributed by atoms with Crippen molar-refractivity contribution < 1.29 is 5.11 Å². The summed E-state index contributed by atoms with van der Waals surface area (Å²) in [4.78, 5) is 4.45. The van der Waals surface area contributed by atoms with E-state index in [1.165, 1.54) is 0 Å². The lowest BCUT2D eigenvalue weighted by Crippen LogP contribution is -2.01. The zero-order valence-corrected chi connectivity index (χ0v) is 11.7. The van der Waals surface area contributed by atoms with Crippen molar-refractivity contribution in [3.05, 3.63) is 39.6 Å². The Balaban J connectivity index is 2.50. The predicted octanol–water partition coefficient (Wildman–Crippen LogP) is 3.04. The fourth-order valence-corrected chi connectivity index (χ4v) is 2.58. The number of rotatable bonds is 3. The van der Waals surface area contributed by atoms with Crippen LogP contribution in [0.3, 0.4) is 0 Å². The molecule has 1 heterocycles. The first kappa shape index (κ1) is 12.6. The molecule has 0 bridgehead atoms. The molecule has 0 aliphatic rings. The molecule has 5 heteroatoms. The second kappa shape index (κ2) is 5.21. The molecule has 17 heavy (non-hydrogen) atoms. The molecule has 2 aromatic rings. The summed E-state index contributed by atoms with van der Waals surface area (Å²) in [5.41, 5.74) is 1.94. The average molecular weight is 316 g/mol. The van der Waals surface area contributed by atoms with E-state index in [-0.39, 0.29) is 6.61 Å². The first-order valence-corrected chi connectivity index (χ1v) is 6.38. The number of hydrogen-bond donors (Lipinski definition) is 1. The van der Waals surface area contributed by atoms with Crippen molar-refractivity contribution in [2.24, 2.45) is 7.05 Å². The van der Waals surface area contributed by atoms with Gasteiger partial charge in [-0.1, -0.05) is 23.7 Å². The molecule has 0 amide bonds. The van der Waals surface area contributed by atoms with Crippen molar-refractivity contribution in [2.45, 2.75) is 6.42 Å². The van der Waals surface area contributed by atoms with Crippen LogP contribution in [0.4, 0.5) is 0 Å². The third-order valence-corrected chi connectivity index (χ3v) is 3.47. The number of imidazole rings is 1. The number of nitrogens with zero attached hydrogens (tertiary/aromatic N) is 2. The second-order valence-corrected chi connectivity index (χ2v) is 4.90. The van der Waals surface area contributed by atoms with Crippen LogP contribution in [0.2, 0.25) is 5.02 Å². The lowest BCUT2D eigenvalue weighted by Gasteiger charge is -2.05. The molecule has 0 aliphatic carbocycles. The van der Waals surface area contributed by atoms with Gasteiger partial charge in [0.15, 0.2) is 0 Å². The van der Waals surface area contributed by atoms with Crippen molar-refractivity contribution in [3.63, 3.8) is 0 Å². The standard InChI is InChI=1S/C12H12BrClN2O/c1-16-10(5-6-17)11(13)15-12(16)8-3-2-4-9(14)7-8/h2-4,7,17H,5-6H2,1H3. The summed E-state index contributed by atoms with van der Waals surface area (Å²) in [6.07, 6.45) is 0.574. The van der Waals surface area contributed by atoms with Crippen LogP contribution in [0.15, 0.2) is 28.9 Å². The van der Waals surface area contributed by atoms with Crippen LogP contribution in [0.1, 0.15) is 5.69 Å². The normalized spacial score (nSPS) is 10.8. The van der Waals surface area contributed by atoms with E-state index in [1.54, 1.807) is 0 Å². The maximum atomic E-state index is 9.01. The molecule has 1 aromatic carbocycles. The summed E-state index contributed by atoms with van der Waals surface area (Å²) in [5, 5.41) is 9.69. The first-order valence-electron chi connectivity index (χ1n) is 5.21. The number of halogens is 2. The number of hydrogen-bond acceptors (Lipinski definition) is 2. The Morgan fingerprint density at radius 3 is 2.88 bits per heavy atom. The highest BCUT2D eigenvalue weighted by Gasteiger charge is 2.13. The average Bonchev–Trinajstić information content (AvgIpc) is 2.57. The molecule has 1 N–H and O–H groups in total. The highest BCUT2D eigenvalue weighted by atomic mass is 79.9. The SMILES string of the molecule is Cn1c(-c2cccc(Cl)c2)nc(Br)c1CCO. The zero-order valence-electron chi connectivity index (χ0n) is 9.32. The summed E-state index contributed by atoms with van der Waals surface area (Å²) in [5.74, 6) is 0.836. The van der Waals surface area contributed by atoms with Crippen molar-refractivity contribution in [2.75, 3.05) is 6.61 Å². The van der Waals surface area contributed by atoms with Crippen LogP contribution in [0.25, 0.3) is 11.4 Å². The first-order chi connectivity index (χ1) is 8.13. The third kappa shape index (κ3) is 2.54. The van der Waals surface area contributed by atoms with Crippen molar-refractivity contribution in [1.82, 2.24) is 9.55 Å². The lowest BCUT2D eigenvalue weighted by atomic mass is 10.2. The Morgan fingerprint density at radius 2 is 2.24 bits per heavy atom. The molecular formula is C12H12BrClN2O. The fraction of sp³-hybridized carbons (Fsp3) is 0.250. The van der Waals surface area contributed by atoms with Gasteiger partial charge >= 0.3 is 0 Å². The minimum atomic E-state index is 0.104. The molecule has 0 atom stereocenters. The van der Waals surface area contributed by atoms with E-state index in [0.29, 0.717) is 11.4 Å². The quantitative estimate of drug-likeness (QED) is 0.945. The number of aliphatic hydroxyl groups excluding tert-OH is 1. The highest BCUT2D eigenvalue weighted by Crippen LogP contribution is 2.26. The third-order valence-electron chi connectivity index (χ3n) is 2.60. The molecule has 0 aliphatic heterocycles. The fourth-order valence-electron chi connectivity index (χ4n) is 1.76. The smallest absolute Gasteiger partial charge is 0.141 e. The van der Waals surface area contributed by atoms with Crippen LogP contribution in [0.5, 0.6) is 0 Å². The highest BCUT2D eigenvalue weighted by molar-refractivity contribution is 9.10. The summed E-state index contributed by atoms with van der Waals surface area (Å²) in [6.45, 7) is 0.104. The molecule has 0 radical (unpaired) electrons. The maximum Gasteiger partial charge on any atom is 0.141 e. The van der Waals surface area contributed by atoms with Crippen LogP contribution in [-0.4, -0.2) is 21.3 Å². The lowest BCUT2D eigenvalue weighted by molar-refractivity contribution is 0.296. The maximum absolute atomic E-state index is 9.01. The Bertz CT molecular complexity index is 539. The van der Waals surface area contributed by atoms with Gasteiger partial charge < -0.3 is 9.67 Å². The van der Waals surface area contributed by atoms with E-state index in [2.05, 4.69) is 20.9 Å². The molecule has 2 rings (SSSR count). The van der Waals surface area contributed by atoms with Crippen molar-refractivity contribution in [1.29, 1.82) is 0 Å². The zero-order chi connectivity index (χ0) is 12.4. The van der Waals surface area contributed by atoms with Crippen molar-refractivity contribution in [3.8, 4) is 11.4 Å². The minimum Gasteiger partial charge on any atom is -0.396 e. The van der Waals surface area contributed by atoms with Gasteiger partial charge in [0.25, 0.3) is 0 Å². The Labute approximate surface area is 113 Å². The summed E-state index contributed by atoms with van der Waals surface area (Å²) < 4.78 is 2.73. The van der Waals surface area contributed by atoms with E-state index in [4.69, 9.17) is 16.7 Å². The minimum absolute atomic E-state index is 0.104. The molecule has 0 saturated carbocycles. The molecule has 3 nitrogen and oxygen atoms in total. The topological polar surface area (TPSA) is 38.0 Å². The Kier molecular flexibility index (Phi) is 3.86. The largest absolute Gasteiger partial charge is 0.396 e. The number of aromatic nitrogens is 2. The molecule has 0 saturated heterocycles. The Morgan fingerprint density at radius 1 is 1.47 bits per heavy atom. The van der Waals surface area contributed by atoms with E-state index in [1.807, 2.05) is 35.9 Å². The summed E-state index contributed by atoms with van der Waals surface area (Å²) in [6, 6.07) is 7.56. The van der Waals surface area contributed by atoms with Crippen molar-refractivity contribution >= 4 is 27.5 Å². The molecular weight excluding hydrogens is 304 g/mol. The van der Waals surface area contributed by atoms with Crippen LogP contribution >= 0.6 is 27.5 Å². The molecule has 1 aromatic heterocycles. The van der Waals surface area contributed by atoms with Gasteiger partial charge in [-0.2, -0.15) is 0 Å². The van der Waals surface area contributed by atoms with Crippen LogP contribution in [0, 0.1) is 0 Å². The monoisotopic (exact) mass is 314 g/mol. The molecule has 90 valence electrons. The number of benzene rings is 1. The summed E-state index contributed by atoms with van der Waals surface area (Å²) in [7, 11) is 1.93. The van der Waals surface area contributed by atoms with Gasteiger partial charge in [-0.15, -0.1) is 0 Å².